The molecule has 1 saturated carbocycles. The van der Waals surface area contributed by atoms with Gasteiger partial charge < -0.3 is 10.4 Å². The monoisotopic (exact) mass is 275 g/mol. The number of carboxylic acid groups (broad SMARTS) is 1. The Balaban J connectivity index is 2.02. The highest BCUT2D eigenvalue weighted by Crippen LogP contribution is 2.33. The first kappa shape index (κ1) is 14.6. The van der Waals surface area contributed by atoms with Crippen LogP contribution in [0.1, 0.15) is 44.6 Å². The van der Waals surface area contributed by atoms with Gasteiger partial charge in [0.15, 0.2) is 0 Å². The summed E-state index contributed by atoms with van der Waals surface area (Å²) in [4.78, 5) is 23.3. The lowest BCUT2D eigenvalue weighted by molar-refractivity contribution is -0.145. The summed E-state index contributed by atoms with van der Waals surface area (Å²) in [6.45, 7) is 4.23. The molecule has 0 aromatic heterocycles. The summed E-state index contributed by atoms with van der Waals surface area (Å²) in [6, 6.07) is 7.73. The highest BCUT2D eigenvalue weighted by Gasteiger charge is 2.37. The molecule has 1 aliphatic rings. The maximum absolute atomic E-state index is 12.2. The molecule has 2 unspecified atom stereocenters. The van der Waals surface area contributed by atoms with Crippen molar-refractivity contribution in [3.8, 4) is 0 Å². The second kappa shape index (κ2) is 6.07. The number of carboxylic acids is 1. The van der Waals surface area contributed by atoms with Crippen molar-refractivity contribution >= 4 is 17.6 Å². The summed E-state index contributed by atoms with van der Waals surface area (Å²) in [6.07, 6.45) is 2.06. The van der Waals surface area contributed by atoms with Crippen molar-refractivity contribution in [2.45, 2.75) is 39.0 Å². The molecule has 1 aromatic rings. The van der Waals surface area contributed by atoms with Gasteiger partial charge in [0.05, 0.1) is 11.8 Å². The Labute approximate surface area is 119 Å². The standard InChI is InChI=1S/C16H21NO3/c1-10(2)11-6-8-12(9-7-11)17-15(18)13-4-3-5-14(13)16(19)20/h6-10,13-14H,3-5H2,1-2H3,(H,17,18)(H,19,20). The van der Waals surface area contributed by atoms with Gasteiger partial charge in [-0.2, -0.15) is 0 Å². The number of hydrogen-bond donors (Lipinski definition) is 2. The predicted octanol–water partition coefficient (Wildman–Crippen LogP) is 3.25. The molecule has 2 rings (SSSR count). The van der Waals surface area contributed by atoms with E-state index in [-0.39, 0.29) is 5.91 Å². The largest absolute Gasteiger partial charge is 0.481 e. The molecule has 0 saturated heterocycles. The van der Waals surface area contributed by atoms with Crippen LogP contribution in [0.4, 0.5) is 5.69 Å². The van der Waals surface area contributed by atoms with Crippen LogP contribution < -0.4 is 5.32 Å². The SMILES string of the molecule is CC(C)c1ccc(NC(=O)C2CCCC2C(=O)O)cc1. The number of hydrogen-bond acceptors (Lipinski definition) is 2. The molecule has 0 spiro atoms. The van der Waals surface area contributed by atoms with Gasteiger partial charge in [0.25, 0.3) is 0 Å². The van der Waals surface area contributed by atoms with E-state index in [2.05, 4.69) is 19.2 Å². The summed E-state index contributed by atoms with van der Waals surface area (Å²) >= 11 is 0. The highest BCUT2D eigenvalue weighted by molar-refractivity contribution is 5.95. The lowest BCUT2D eigenvalue weighted by Crippen LogP contribution is -2.29. The number of rotatable bonds is 4. The van der Waals surface area contributed by atoms with Gasteiger partial charge in [-0.25, -0.2) is 0 Å². The molecule has 2 N–H and O–H groups in total. The van der Waals surface area contributed by atoms with Crippen molar-refractivity contribution < 1.29 is 14.7 Å². The van der Waals surface area contributed by atoms with E-state index in [9.17, 15) is 9.59 Å². The van der Waals surface area contributed by atoms with E-state index in [4.69, 9.17) is 5.11 Å². The number of amides is 1. The molecule has 108 valence electrons. The van der Waals surface area contributed by atoms with Gasteiger partial charge in [0.2, 0.25) is 5.91 Å². The molecule has 1 aliphatic carbocycles. The Morgan fingerprint density at radius 2 is 1.75 bits per heavy atom. The molecule has 1 aromatic carbocycles. The molecule has 4 nitrogen and oxygen atoms in total. The molecule has 1 fully saturated rings. The predicted molar refractivity (Wildman–Crippen MR) is 77.6 cm³/mol. The van der Waals surface area contributed by atoms with Gasteiger partial charge in [-0.05, 0) is 36.5 Å². The minimum absolute atomic E-state index is 0.174. The molecule has 0 bridgehead atoms. The van der Waals surface area contributed by atoms with Crippen molar-refractivity contribution in [2.24, 2.45) is 11.8 Å². The number of carbonyl (C=O) groups is 2. The molecule has 0 aliphatic heterocycles. The van der Waals surface area contributed by atoms with Gasteiger partial charge in [-0.15, -0.1) is 0 Å². The Hall–Kier alpha value is -1.84. The Bertz CT molecular complexity index is 493. The average Bonchev–Trinajstić information content (AvgIpc) is 2.88. The Morgan fingerprint density at radius 3 is 2.30 bits per heavy atom. The average molecular weight is 275 g/mol. The van der Waals surface area contributed by atoms with Crippen molar-refractivity contribution in [3.63, 3.8) is 0 Å². The zero-order valence-corrected chi connectivity index (χ0v) is 11.9. The van der Waals surface area contributed by atoms with Gasteiger partial charge in [0.1, 0.15) is 0 Å². The van der Waals surface area contributed by atoms with Crippen LogP contribution in [0.15, 0.2) is 24.3 Å². The molecule has 4 heteroatoms. The van der Waals surface area contributed by atoms with E-state index in [0.29, 0.717) is 18.8 Å². The summed E-state index contributed by atoms with van der Waals surface area (Å²) in [5, 5.41) is 11.9. The fourth-order valence-electron chi connectivity index (χ4n) is 2.76. The number of nitrogens with one attached hydrogen (secondary N) is 1. The second-order valence-corrected chi connectivity index (χ2v) is 5.75. The first-order valence-corrected chi connectivity index (χ1v) is 7.12. The van der Waals surface area contributed by atoms with E-state index in [1.807, 2.05) is 24.3 Å². The Kier molecular flexibility index (Phi) is 4.42. The zero-order chi connectivity index (χ0) is 14.7. The van der Waals surface area contributed by atoms with Gasteiger partial charge >= 0.3 is 5.97 Å². The lowest BCUT2D eigenvalue weighted by atomic mass is 9.95. The lowest BCUT2D eigenvalue weighted by Gasteiger charge is -2.16. The van der Waals surface area contributed by atoms with Crippen LogP contribution in [0.25, 0.3) is 0 Å². The highest BCUT2D eigenvalue weighted by atomic mass is 16.4. The maximum Gasteiger partial charge on any atom is 0.307 e. The van der Waals surface area contributed by atoms with Crippen LogP contribution >= 0.6 is 0 Å². The smallest absolute Gasteiger partial charge is 0.307 e. The van der Waals surface area contributed by atoms with E-state index >= 15 is 0 Å². The van der Waals surface area contributed by atoms with Crippen LogP contribution in [0.2, 0.25) is 0 Å². The number of benzene rings is 1. The first-order chi connectivity index (χ1) is 9.49. The summed E-state index contributed by atoms with van der Waals surface area (Å²) in [7, 11) is 0. The van der Waals surface area contributed by atoms with Crippen molar-refractivity contribution in [3.05, 3.63) is 29.8 Å². The quantitative estimate of drug-likeness (QED) is 0.886. The first-order valence-electron chi connectivity index (χ1n) is 7.12. The third-order valence-electron chi connectivity index (χ3n) is 4.01. The normalized spacial score (nSPS) is 21.9. The zero-order valence-electron chi connectivity index (χ0n) is 11.9. The molecule has 2 atom stereocenters. The van der Waals surface area contributed by atoms with Crippen LogP contribution in [0.3, 0.4) is 0 Å². The van der Waals surface area contributed by atoms with E-state index in [0.717, 1.165) is 12.1 Å². The molecule has 0 radical (unpaired) electrons. The van der Waals surface area contributed by atoms with Crippen LogP contribution in [0, 0.1) is 11.8 Å². The third-order valence-corrected chi connectivity index (χ3v) is 4.01. The minimum Gasteiger partial charge on any atom is -0.481 e. The molecular formula is C16H21NO3. The van der Waals surface area contributed by atoms with Crippen LogP contribution in [-0.2, 0) is 9.59 Å². The molecule has 0 heterocycles. The van der Waals surface area contributed by atoms with E-state index in [1.165, 1.54) is 5.56 Å². The van der Waals surface area contributed by atoms with Crippen LogP contribution in [0.5, 0.6) is 0 Å². The Morgan fingerprint density at radius 1 is 1.15 bits per heavy atom. The minimum atomic E-state index is -0.863. The molecular weight excluding hydrogens is 254 g/mol. The molecule has 1 amide bonds. The topological polar surface area (TPSA) is 66.4 Å². The van der Waals surface area contributed by atoms with Gasteiger partial charge in [-0.1, -0.05) is 32.4 Å². The second-order valence-electron chi connectivity index (χ2n) is 5.75. The summed E-state index contributed by atoms with van der Waals surface area (Å²) < 4.78 is 0. The fraction of sp³-hybridized carbons (Fsp3) is 0.500. The number of carbonyl (C=O) groups excluding carboxylic acids is 1. The van der Waals surface area contributed by atoms with E-state index in [1.54, 1.807) is 0 Å². The summed E-state index contributed by atoms with van der Waals surface area (Å²) in [5.41, 5.74) is 1.95. The number of aliphatic carboxylic acids is 1. The van der Waals surface area contributed by atoms with Crippen LogP contribution in [-0.4, -0.2) is 17.0 Å². The van der Waals surface area contributed by atoms with Gasteiger partial charge in [-0.3, -0.25) is 9.59 Å². The molecule has 20 heavy (non-hydrogen) atoms. The van der Waals surface area contributed by atoms with Crippen molar-refractivity contribution in [1.29, 1.82) is 0 Å². The maximum atomic E-state index is 12.2. The third kappa shape index (κ3) is 3.18. The fourth-order valence-corrected chi connectivity index (χ4v) is 2.76. The van der Waals surface area contributed by atoms with Crippen molar-refractivity contribution in [2.75, 3.05) is 5.32 Å². The van der Waals surface area contributed by atoms with Crippen molar-refractivity contribution in [1.82, 2.24) is 0 Å². The van der Waals surface area contributed by atoms with E-state index < -0.39 is 17.8 Å². The summed E-state index contributed by atoms with van der Waals surface area (Å²) in [5.74, 6) is -1.53. The van der Waals surface area contributed by atoms with Gasteiger partial charge in [0, 0.05) is 5.69 Å². The number of anilines is 1.